The molecule has 3 aromatic rings. The summed E-state index contributed by atoms with van der Waals surface area (Å²) in [6.07, 6.45) is 0. The fourth-order valence-electron chi connectivity index (χ4n) is 3.97. The highest BCUT2D eigenvalue weighted by atomic mass is 16.6. The summed E-state index contributed by atoms with van der Waals surface area (Å²) in [5.41, 5.74) is 1.56. The van der Waals surface area contributed by atoms with Gasteiger partial charge in [0.05, 0.1) is 23.6 Å². The molecule has 3 aromatic carbocycles. The number of nitro groups is 1. The number of aliphatic hydroxyl groups is 1. The van der Waals surface area contributed by atoms with E-state index in [-0.39, 0.29) is 16.8 Å². The van der Waals surface area contributed by atoms with Crippen LogP contribution in [-0.2, 0) is 9.59 Å². The van der Waals surface area contributed by atoms with Gasteiger partial charge in [-0.3, -0.25) is 24.6 Å². The molecule has 1 aliphatic rings. The van der Waals surface area contributed by atoms with Gasteiger partial charge in [0, 0.05) is 29.4 Å². The van der Waals surface area contributed by atoms with Crippen LogP contribution < -0.4 is 9.64 Å². The van der Waals surface area contributed by atoms with Gasteiger partial charge in [-0.15, -0.1) is 0 Å². The third-order valence-electron chi connectivity index (χ3n) is 5.59. The van der Waals surface area contributed by atoms with Crippen molar-refractivity contribution < 1.29 is 24.4 Å². The number of rotatable bonds is 5. The quantitative estimate of drug-likeness (QED) is 0.203. The first-order valence-electron chi connectivity index (χ1n) is 10.1. The molecule has 1 atom stereocenters. The zero-order valence-corrected chi connectivity index (χ0v) is 17.9. The van der Waals surface area contributed by atoms with Crippen molar-refractivity contribution in [2.24, 2.45) is 0 Å². The zero-order valence-electron chi connectivity index (χ0n) is 17.9. The molecule has 0 saturated carbocycles. The number of aliphatic hydroxyl groups excluding tert-OH is 1. The fourth-order valence-corrected chi connectivity index (χ4v) is 3.97. The lowest BCUT2D eigenvalue weighted by atomic mass is 9.92. The molecule has 0 bridgehead atoms. The van der Waals surface area contributed by atoms with E-state index in [2.05, 4.69) is 0 Å². The van der Waals surface area contributed by atoms with E-state index in [0.29, 0.717) is 17.0 Å². The number of ether oxygens (including phenoxy) is 1. The Bertz CT molecular complexity index is 1310. The lowest BCUT2D eigenvalue weighted by molar-refractivity contribution is -0.384. The second-order valence-corrected chi connectivity index (χ2v) is 7.53. The largest absolute Gasteiger partial charge is 0.507 e. The van der Waals surface area contributed by atoms with Gasteiger partial charge in [0.15, 0.2) is 0 Å². The summed E-state index contributed by atoms with van der Waals surface area (Å²) in [7, 11) is 1.49. The Balaban J connectivity index is 1.97. The maximum Gasteiger partial charge on any atom is 0.300 e. The Morgan fingerprint density at radius 2 is 1.76 bits per heavy atom. The minimum Gasteiger partial charge on any atom is -0.507 e. The number of non-ortho nitro benzene ring substituents is 1. The standard InChI is InChI=1S/C25H20N2O6/c1-15-7-3-4-12-20(15)22-21(23(28)16-8-5-10-18(13-16)27(31)32)24(29)25(30)26(22)17-9-6-11-19(14-17)33-2/h3-14,22,28H,1-2H3/b23-21+. The van der Waals surface area contributed by atoms with Crippen LogP contribution in [0.5, 0.6) is 5.75 Å². The smallest absolute Gasteiger partial charge is 0.300 e. The van der Waals surface area contributed by atoms with Crippen molar-refractivity contribution in [1.29, 1.82) is 0 Å². The van der Waals surface area contributed by atoms with E-state index in [9.17, 15) is 24.8 Å². The number of Topliss-reactive ketones (excluding diaryl/α,β-unsaturated/α-hetero) is 1. The van der Waals surface area contributed by atoms with Crippen LogP contribution in [0.25, 0.3) is 5.76 Å². The number of carbonyl (C=O) groups excluding carboxylic acids is 2. The van der Waals surface area contributed by atoms with Crippen LogP contribution in [0.3, 0.4) is 0 Å². The summed E-state index contributed by atoms with van der Waals surface area (Å²) in [5, 5.41) is 22.3. The normalized spacial score (nSPS) is 17.3. The number of methoxy groups -OCH3 is 1. The number of benzene rings is 3. The third-order valence-corrected chi connectivity index (χ3v) is 5.59. The first-order chi connectivity index (χ1) is 15.8. The van der Waals surface area contributed by atoms with Crippen molar-refractivity contribution in [2.75, 3.05) is 12.0 Å². The Morgan fingerprint density at radius 3 is 2.45 bits per heavy atom. The van der Waals surface area contributed by atoms with Gasteiger partial charge in [-0.25, -0.2) is 0 Å². The number of ketones is 1. The van der Waals surface area contributed by atoms with Gasteiger partial charge in [0.2, 0.25) is 0 Å². The molecule has 1 unspecified atom stereocenters. The maximum atomic E-state index is 13.2. The highest BCUT2D eigenvalue weighted by molar-refractivity contribution is 6.51. The molecule has 1 heterocycles. The second kappa shape index (κ2) is 8.58. The van der Waals surface area contributed by atoms with E-state index in [1.165, 1.54) is 36.3 Å². The fraction of sp³-hybridized carbons (Fsp3) is 0.120. The molecule has 0 aliphatic carbocycles. The van der Waals surface area contributed by atoms with Crippen molar-refractivity contribution >= 4 is 28.8 Å². The van der Waals surface area contributed by atoms with Gasteiger partial charge in [-0.2, -0.15) is 0 Å². The molecule has 1 saturated heterocycles. The summed E-state index contributed by atoms with van der Waals surface area (Å²) >= 11 is 0. The van der Waals surface area contributed by atoms with Gasteiger partial charge in [0.25, 0.3) is 17.4 Å². The molecular weight excluding hydrogens is 424 g/mol. The van der Waals surface area contributed by atoms with E-state index in [1.54, 1.807) is 36.4 Å². The van der Waals surface area contributed by atoms with E-state index in [4.69, 9.17) is 4.74 Å². The average Bonchev–Trinajstić information content (AvgIpc) is 3.09. The lowest BCUT2D eigenvalue weighted by Crippen LogP contribution is -2.29. The second-order valence-electron chi connectivity index (χ2n) is 7.53. The third kappa shape index (κ3) is 3.82. The predicted molar refractivity (Wildman–Crippen MR) is 122 cm³/mol. The number of carbonyl (C=O) groups is 2. The Hall–Kier alpha value is -4.46. The van der Waals surface area contributed by atoms with E-state index in [0.717, 1.165) is 5.56 Å². The lowest BCUT2D eigenvalue weighted by Gasteiger charge is -2.26. The first-order valence-corrected chi connectivity index (χ1v) is 10.1. The first kappa shape index (κ1) is 21.8. The van der Waals surface area contributed by atoms with Crippen molar-refractivity contribution in [3.05, 3.63) is 105 Å². The highest BCUT2D eigenvalue weighted by Gasteiger charge is 2.47. The van der Waals surface area contributed by atoms with Gasteiger partial charge < -0.3 is 9.84 Å². The van der Waals surface area contributed by atoms with Crippen LogP contribution in [0.2, 0.25) is 0 Å². The van der Waals surface area contributed by atoms with Crippen LogP contribution in [0.15, 0.2) is 78.4 Å². The van der Waals surface area contributed by atoms with Crippen LogP contribution >= 0.6 is 0 Å². The van der Waals surface area contributed by atoms with E-state index >= 15 is 0 Å². The number of nitro benzene ring substituents is 1. The molecule has 0 aromatic heterocycles. The number of nitrogens with zero attached hydrogens (tertiary/aromatic N) is 2. The molecule has 4 rings (SSSR count). The van der Waals surface area contributed by atoms with Gasteiger partial charge in [0.1, 0.15) is 11.5 Å². The molecule has 8 nitrogen and oxygen atoms in total. The van der Waals surface area contributed by atoms with Gasteiger partial charge >= 0.3 is 0 Å². The van der Waals surface area contributed by atoms with Crippen molar-refractivity contribution in [1.82, 2.24) is 0 Å². The maximum absolute atomic E-state index is 13.2. The summed E-state index contributed by atoms with van der Waals surface area (Å²) in [4.78, 5) is 38.3. The van der Waals surface area contributed by atoms with Crippen molar-refractivity contribution in [3.63, 3.8) is 0 Å². The molecule has 1 N–H and O–H groups in total. The Kier molecular flexibility index (Phi) is 5.66. The van der Waals surface area contributed by atoms with Crippen molar-refractivity contribution in [2.45, 2.75) is 13.0 Å². The van der Waals surface area contributed by atoms with Crippen LogP contribution in [0, 0.1) is 17.0 Å². The van der Waals surface area contributed by atoms with Gasteiger partial charge in [-0.1, -0.05) is 42.5 Å². The number of hydrogen-bond donors (Lipinski definition) is 1. The molecule has 0 spiro atoms. The number of amides is 1. The van der Waals surface area contributed by atoms with Crippen molar-refractivity contribution in [3.8, 4) is 5.75 Å². The molecule has 1 fully saturated rings. The molecular formula is C25H20N2O6. The summed E-state index contributed by atoms with van der Waals surface area (Å²) < 4.78 is 5.27. The van der Waals surface area contributed by atoms with Crippen LogP contribution in [0.1, 0.15) is 22.7 Å². The number of anilines is 1. The molecule has 1 aliphatic heterocycles. The molecule has 1 amide bonds. The van der Waals surface area contributed by atoms with E-state index < -0.39 is 28.4 Å². The predicted octanol–water partition coefficient (Wildman–Crippen LogP) is 4.54. The molecule has 33 heavy (non-hydrogen) atoms. The van der Waals surface area contributed by atoms with Crippen LogP contribution in [-0.4, -0.2) is 28.8 Å². The highest BCUT2D eigenvalue weighted by Crippen LogP contribution is 2.43. The van der Waals surface area contributed by atoms with E-state index in [1.807, 2.05) is 19.1 Å². The van der Waals surface area contributed by atoms with Crippen LogP contribution in [0.4, 0.5) is 11.4 Å². The molecule has 166 valence electrons. The summed E-state index contributed by atoms with van der Waals surface area (Å²) in [6.45, 7) is 1.84. The number of hydrogen-bond acceptors (Lipinski definition) is 6. The Labute approximate surface area is 189 Å². The van der Waals surface area contributed by atoms with Gasteiger partial charge in [-0.05, 0) is 30.2 Å². The summed E-state index contributed by atoms with van der Waals surface area (Å²) in [6, 6.07) is 18.3. The molecule has 0 radical (unpaired) electrons. The minimum absolute atomic E-state index is 0.0754. The number of aryl methyl sites for hydroxylation is 1. The monoisotopic (exact) mass is 444 g/mol. The average molecular weight is 444 g/mol. The Morgan fingerprint density at radius 1 is 1.03 bits per heavy atom. The zero-order chi connectivity index (χ0) is 23.7. The summed E-state index contributed by atoms with van der Waals surface area (Å²) in [5.74, 6) is -1.68. The molecule has 8 heteroatoms. The minimum atomic E-state index is -0.933. The topological polar surface area (TPSA) is 110 Å². The SMILES string of the molecule is COc1cccc(N2C(=O)C(=O)/C(=C(/O)c3cccc([N+](=O)[O-])c3)C2c2ccccc2C)c1.